The Bertz CT molecular complexity index is 1120. The quantitative estimate of drug-likeness (QED) is 0.136. The van der Waals surface area contributed by atoms with E-state index >= 15 is 0 Å². The zero-order valence-corrected chi connectivity index (χ0v) is 23.1. The molecule has 0 aromatic heterocycles. The molecule has 0 aliphatic carbocycles. The van der Waals surface area contributed by atoms with Crippen LogP contribution in [-0.4, -0.2) is 56.7 Å². The Morgan fingerprint density at radius 3 is 1.95 bits per heavy atom. The first-order chi connectivity index (χ1) is 19.2. The van der Waals surface area contributed by atoms with E-state index in [1.165, 1.54) is 19.2 Å². The molecule has 0 bridgehead atoms. The average molecular weight is 560 g/mol. The number of benzene rings is 2. The average Bonchev–Trinajstić information content (AvgIpc) is 2.94. The summed E-state index contributed by atoms with van der Waals surface area (Å²) in [5, 5.41) is 0. The number of methoxy groups -OCH3 is 1. The summed E-state index contributed by atoms with van der Waals surface area (Å²) in [5.74, 6) is -1.51. The van der Waals surface area contributed by atoms with E-state index in [1.54, 1.807) is 36.4 Å². The summed E-state index contributed by atoms with van der Waals surface area (Å²) in [4.78, 5) is 49.3. The number of ether oxygens (including phenoxy) is 6. The summed E-state index contributed by atoms with van der Waals surface area (Å²) in [6, 6.07) is 12.7. The molecule has 0 aliphatic heterocycles. The van der Waals surface area contributed by atoms with Crippen LogP contribution in [0.25, 0.3) is 0 Å². The largest absolute Gasteiger partial charge is 0.513 e. The molecule has 40 heavy (non-hydrogen) atoms. The Labute approximate surface area is 233 Å². The minimum atomic E-state index is -1.59. The number of hydrogen-bond donors (Lipinski definition) is 1. The lowest BCUT2D eigenvalue weighted by atomic mass is 9.88. The maximum Gasteiger partial charge on any atom is 0.513 e. The predicted octanol–water partition coefficient (Wildman–Crippen LogP) is 4.98. The highest BCUT2D eigenvalue weighted by atomic mass is 16.7. The molecule has 2 rings (SSSR count). The first-order valence-electron chi connectivity index (χ1n) is 13.1. The van der Waals surface area contributed by atoms with Crippen molar-refractivity contribution >= 4 is 24.2 Å². The molecule has 11 nitrogen and oxygen atoms in total. The van der Waals surface area contributed by atoms with Crippen LogP contribution < -0.4 is 15.2 Å². The predicted molar refractivity (Wildman–Crippen MR) is 144 cm³/mol. The maximum absolute atomic E-state index is 12.7. The number of hydrogen-bond acceptors (Lipinski definition) is 11. The van der Waals surface area contributed by atoms with E-state index in [-0.39, 0.29) is 44.2 Å². The molecular formula is C29H37NO10. The lowest BCUT2D eigenvalue weighted by Gasteiger charge is -2.26. The van der Waals surface area contributed by atoms with Crippen LogP contribution in [0, 0.1) is 0 Å². The lowest BCUT2D eigenvalue weighted by molar-refractivity contribution is -0.147. The fourth-order valence-electron chi connectivity index (χ4n) is 3.48. The van der Waals surface area contributed by atoms with Crippen molar-refractivity contribution in [2.75, 3.05) is 26.9 Å². The first-order valence-corrected chi connectivity index (χ1v) is 13.1. The number of carbonyl (C=O) groups excluding carboxylic acids is 4. The smallest absolute Gasteiger partial charge is 0.468 e. The first kappa shape index (κ1) is 32.1. The van der Waals surface area contributed by atoms with Crippen molar-refractivity contribution in [2.45, 2.75) is 57.9 Å². The summed E-state index contributed by atoms with van der Waals surface area (Å²) in [6.45, 7) is 4.06. The molecule has 0 fully saturated rings. The van der Waals surface area contributed by atoms with E-state index in [9.17, 15) is 19.2 Å². The van der Waals surface area contributed by atoms with Gasteiger partial charge in [0.2, 0.25) is 0 Å². The van der Waals surface area contributed by atoms with Crippen molar-refractivity contribution in [2.24, 2.45) is 5.73 Å². The molecule has 0 unspecified atom stereocenters. The standard InChI is InChI=1S/C29H37NO10/c1-4-6-16-37-27(33)39-23-14-13-21(19-24(23)40-28(34)38-17-7-5-2)20-29(30,26(32)35-3)15-18-36-25(31)22-11-9-8-10-12-22/h8-14,19H,4-7,15-18,20,30H2,1-3H3/t29-/m1/s1. The minimum absolute atomic E-state index is 0.0600. The van der Waals surface area contributed by atoms with Gasteiger partial charge in [-0.25, -0.2) is 14.4 Å². The Kier molecular flexibility index (Phi) is 13.4. The van der Waals surface area contributed by atoms with Gasteiger partial charge in [0.15, 0.2) is 11.5 Å². The van der Waals surface area contributed by atoms with E-state index in [0.29, 0.717) is 24.0 Å². The number of nitrogens with two attached hydrogens (primary N) is 1. The van der Waals surface area contributed by atoms with Crippen LogP contribution in [0.3, 0.4) is 0 Å². The van der Waals surface area contributed by atoms with Gasteiger partial charge < -0.3 is 34.2 Å². The van der Waals surface area contributed by atoms with Gasteiger partial charge in [-0.1, -0.05) is 51.0 Å². The van der Waals surface area contributed by atoms with Crippen LogP contribution in [-0.2, 0) is 30.2 Å². The molecule has 0 aliphatic rings. The molecule has 2 aromatic rings. The summed E-state index contributed by atoms with van der Waals surface area (Å²) < 4.78 is 30.8. The molecule has 2 aromatic carbocycles. The van der Waals surface area contributed by atoms with Gasteiger partial charge in [-0.3, -0.25) is 4.79 Å². The van der Waals surface area contributed by atoms with Crippen LogP contribution in [0.4, 0.5) is 9.59 Å². The van der Waals surface area contributed by atoms with Crippen LogP contribution in [0.5, 0.6) is 11.5 Å². The summed E-state index contributed by atoms with van der Waals surface area (Å²) in [5.41, 5.74) is 5.64. The van der Waals surface area contributed by atoms with Gasteiger partial charge in [0.25, 0.3) is 0 Å². The Morgan fingerprint density at radius 1 is 0.775 bits per heavy atom. The fourth-order valence-corrected chi connectivity index (χ4v) is 3.48. The van der Waals surface area contributed by atoms with Crippen molar-refractivity contribution in [3.8, 4) is 11.5 Å². The maximum atomic E-state index is 12.7. The van der Waals surface area contributed by atoms with E-state index in [1.807, 2.05) is 13.8 Å². The van der Waals surface area contributed by atoms with Crippen molar-refractivity contribution < 1.29 is 47.6 Å². The second-order valence-corrected chi connectivity index (χ2v) is 8.97. The molecule has 0 saturated heterocycles. The van der Waals surface area contributed by atoms with E-state index in [4.69, 9.17) is 34.2 Å². The highest BCUT2D eigenvalue weighted by molar-refractivity contribution is 5.89. The van der Waals surface area contributed by atoms with E-state index < -0.39 is 29.8 Å². The second-order valence-electron chi connectivity index (χ2n) is 8.97. The van der Waals surface area contributed by atoms with Crippen LogP contribution in [0.15, 0.2) is 48.5 Å². The van der Waals surface area contributed by atoms with Gasteiger partial charge in [0.05, 0.1) is 32.5 Å². The summed E-state index contributed by atoms with van der Waals surface area (Å²) in [7, 11) is 1.20. The lowest BCUT2D eigenvalue weighted by Crippen LogP contribution is -2.51. The Hall–Kier alpha value is -4.12. The van der Waals surface area contributed by atoms with Crippen molar-refractivity contribution in [1.29, 1.82) is 0 Å². The van der Waals surface area contributed by atoms with Gasteiger partial charge in [-0.15, -0.1) is 0 Å². The number of esters is 2. The molecule has 1 atom stereocenters. The second kappa shape index (κ2) is 16.8. The monoisotopic (exact) mass is 559 g/mol. The summed E-state index contributed by atoms with van der Waals surface area (Å²) >= 11 is 0. The third kappa shape index (κ3) is 10.6. The molecule has 0 spiro atoms. The molecule has 0 heterocycles. The molecule has 0 amide bonds. The third-order valence-corrected chi connectivity index (χ3v) is 5.73. The molecule has 0 saturated carbocycles. The summed E-state index contributed by atoms with van der Waals surface area (Å²) in [6.07, 6.45) is 0.850. The zero-order chi connectivity index (χ0) is 29.4. The molecule has 2 N–H and O–H groups in total. The van der Waals surface area contributed by atoms with Crippen molar-refractivity contribution in [3.63, 3.8) is 0 Å². The molecule has 11 heteroatoms. The fraction of sp³-hybridized carbons (Fsp3) is 0.448. The van der Waals surface area contributed by atoms with Gasteiger partial charge in [-0.05, 0) is 42.7 Å². The van der Waals surface area contributed by atoms with Gasteiger partial charge in [0, 0.05) is 12.8 Å². The third-order valence-electron chi connectivity index (χ3n) is 5.73. The Balaban J connectivity index is 2.20. The van der Waals surface area contributed by atoms with Crippen molar-refractivity contribution in [3.05, 3.63) is 59.7 Å². The van der Waals surface area contributed by atoms with Crippen molar-refractivity contribution in [1.82, 2.24) is 0 Å². The Morgan fingerprint density at radius 2 is 1.38 bits per heavy atom. The molecule has 0 radical (unpaired) electrons. The molecule has 218 valence electrons. The highest BCUT2D eigenvalue weighted by Crippen LogP contribution is 2.31. The van der Waals surface area contributed by atoms with E-state index in [2.05, 4.69) is 0 Å². The van der Waals surface area contributed by atoms with Gasteiger partial charge in [-0.2, -0.15) is 0 Å². The minimum Gasteiger partial charge on any atom is -0.468 e. The van der Waals surface area contributed by atoms with Gasteiger partial charge >= 0.3 is 24.2 Å². The number of unbranched alkanes of at least 4 members (excludes halogenated alkanes) is 2. The molecular weight excluding hydrogens is 522 g/mol. The van der Waals surface area contributed by atoms with E-state index in [0.717, 1.165) is 12.8 Å². The van der Waals surface area contributed by atoms with Crippen LogP contribution in [0.1, 0.15) is 61.9 Å². The van der Waals surface area contributed by atoms with Gasteiger partial charge in [0.1, 0.15) is 5.54 Å². The normalized spacial score (nSPS) is 12.0. The topological polar surface area (TPSA) is 150 Å². The van der Waals surface area contributed by atoms with Crippen LogP contribution >= 0.6 is 0 Å². The number of rotatable bonds is 15. The SMILES string of the molecule is CCCCOC(=O)Oc1ccc(C[C@](N)(CCOC(=O)c2ccccc2)C(=O)OC)cc1OC(=O)OCCCC. The van der Waals surface area contributed by atoms with Crippen LogP contribution in [0.2, 0.25) is 0 Å². The zero-order valence-electron chi connectivity index (χ0n) is 23.1. The number of carbonyl (C=O) groups is 4. The highest BCUT2D eigenvalue weighted by Gasteiger charge is 2.36.